The Labute approximate surface area is 172 Å². The number of rotatable bonds is 5. The second-order valence-corrected chi connectivity index (χ2v) is 9.84. The van der Waals surface area contributed by atoms with Crippen LogP contribution in [-0.2, 0) is 23.6 Å². The Bertz CT molecular complexity index is 1260. The zero-order valence-corrected chi connectivity index (χ0v) is 17.4. The average molecular weight is 432 g/mol. The van der Waals surface area contributed by atoms with Crippen molar-refractivity contribution in [3.63, 3.8) is 0 Å². The first-order valence-electron chi connectivity index (χ1n) is 8.51. The number of para-hydroxylation sites is 1. The Morgan fingerprint density at radius 1 is 1.11 bits per heavy atom. The van der Waals surface area contributed by atoms with Crippen molar-refractivity contribution in [1.82, 2.24) is 4.57 Å². The molecule has 0 saturated heterocycles. The molecule has 4 rings (SSSR count). The fourth-order valence-corrected chi connectivity index (χ4v) is 4.92. The molecule has 2 N–H and O–H groups in total. The Morgan fingerprint density at radius 2 is 1.89 bits per heavy atom. The van der Waals surface area contributed by atoms with E-state index in [-0.39, 0.29) is 4.90 Å². The maximum absolute atomic E-state index is 11.9. The standard InChI is InChI=1S/C20H18ClN3O2S2/c1-23-11-10-14-4-2-7-18(20(14)23)24(13-16-8-9-19(21)27-16)15-5-3-6-17(12-15)28(22,25)26/h2-12H,13H2,1H3,(H2,22,25,26). The summed E-state index contributed by atoms with van der Waals surface area (Å²) in [6.45, 7) is 0.551. The molecule has 28 heavy (non-hydrogen) atoms. The molecule has 2 heterocycles. The van der Waals surface area contributed by atoms with E-state index in [4.69, 9.17) is 16.7 Å². The van der Waals surface area contributed by atoms with Crippen molar-refractivity contribution in [3.05, 3.63) is 76.1 Å². The predicted molar refractivity (Wildman–Crippen MR) is 116 cm³/mol. The average Bonchev–Trinajstić information content (AvgIpc) is 3.25. The van der Waals surface area contributed by atoms with Crippen molar-refractivity contribution in [2.45, 2.75) is 11.4 Å². The summed E-state index contributed by atoms with van der Waals surface area (Å²) in [6, 6.07) is 18.7. The topological polar surface area (TPSA) is 68.3 Å². The molecule has 0 bridgehead atoms. The third kappa shape index (κ3) is 3.66. The smallest absolute Gasteiger partial charge is 0.238 e. The largest absolute Gasteiger partial charge is 0.349 e. The van der Waals surface area contributed by atoms with E-state index >= 15 is 0 Å². The van der Waals surface area contributed by atoms with Gasteiger partial charge in [-0.15, -0.1) is 11.3 Å². The van der Waals surface area contributed by atoms with Gasteiger partial charge in [0.15, 0.2) is 0 Å². The minimum atomic E-state index is -3.80. The van der Waals surface area contributed by atoms with Gasteiger partial charge in [-0.25, -0.2) is 13.6 Å². The van der Waals surface area contributed by atoms with E-state index in [1.54, 1.807) is 12.1 Å². The van der Waals surface area contributed by atoms with Crippen molar-refractivity contribution < 1.29 is 8.42 Å². The predicted octanol–water partition coefficient (Wildman–Crippen LogP) is 4.88. The molecule has 5 nitrogen and oxygen atoms in total. The molecule has 0 aliphatic carbocycles. The monoisotopic (exact) mass is 431 g/mol. The van der Waals surface area contributed by atoms with Crippen LogP contribution in [0.1, 0.15) is 4.88 Å². The number of hydrogen-bond donors (Lipinski definition) is 1. The minimum absolute atomic E-state index is 0.0817. The molecule has 0 atom stereocenters. The van der Waals surface area contributed by atoms with Crippen LogP contribution in [0.2, 0.25) is 4.34 Å². The molecule has 0 amide bonds. The first-order valence-corrected chi connectivity index (χ1v) is 11.3. The summed E-state index contributed by atoms with van der Waals surface area (Å²) in [5.41, 5.74) is 2.78. The van der Waals surface area contributed by atoms with Gasteiger partial charge in [0.05, 0.1) is 27.0 Å². The van der Waals surface area contributed by atoms with Crippen molar-refractivity contribution in [1.29, 1.82) is 0 Å². The molecule has 0 aliphatic rings. The van der Waals surface area contributed by atoms with Gasteiger partial charge >= 0.3 is 0 Å². The fourth-order valence-electron chi connectivity index (χ4n) is 3.29. The van der Waals surface area contributed by atoms with Gasteiger partial charge in [-0.2, -0.15) is 0 Å². The molecule has 0 unspecified atom stereocenters. The van der Waals surface area contributed by atoms with E-state index in [0.29, 0.717) is 10.9 Å². The number of nitrogens with zero attached hydrogens (tertiary/aromatic N) is 2. The maximum Gasteiger partial charge on any atom is 0.238 e. The van der Waals surface area contributed by atoms with Crippen LogP contribution in [0, 0.1) is 0 Å². The highest BCUT2D eigenvalue weighted by Gasteiger charge is 2.18. The second-order valence-electron chi connectivity index (χ2n) is 6.48. The van der Waals surface area contributed by atoms with Gasteiger partial charge in [-0.1, -0.05) is 29.8 Å². The second kappa shape index (κ2) is 7.25. The van der Waals surface area contributed by atoms with Crippen LogP contribution < -0.4 is 10.0 Å². The number of primary sulfonamides is 1. The van der Waals surface area contributed by atoms with Gasteiger partial charge in [0.1, 0.15) is 0 Å². The molecule has 8 heteroatoms. The van der Waals surface area contributed by atoms with E-state index in [0.717, 1.165) is 27.2 Å². The zero-order valence-electron chi connectivity index (χ0n) is 15.0. The molecule has 144 valence electrons. The Morgan fingerprint density at radius 3 is 2.61 bits per heavy atom. The SMILES string of the molecule is Cn1ccc2cccc(N(Cc3ccc(Cl)s3)c3cccc(S(N)(=O)=O)c3)c21. The number of fused-ring (bicyclic) bond motifs is 1. The van der Waals surface area contributed by atoms with E-state index in [9.17, 15) is 8.42 Å². The van der Waals surface area contributed by atoms with Gasteiger partial charge < -0.3 is 9.47 Å². The van der Waals surface area contributed by atoms with Gasteiger partial charge in [0.25, 0.3) is 0 Å². The normalized spacial score (nSPS) is 11.8. The lowest BCUT2D eigenvalue weighted by atomic mass is 10.1. The number of nitrogens with two attached hydrogens (primary N) is 1. The number of aryl methyl sites for hydroxylation is 1. The summed E-state index contributed by atoms with van der Waals surface area (Å²) < 4.78 is 26.5. The molecule has 0 aliphatic heterocycles. The van der Waals surface area contributed by atoms with Crippen molar-refractivity contribution in [3.8, 4) is 0 Å². The molecular weight excluding hydrogens is 414 g/mol. The summed E-state index contributed by atoms with van der Waals surface area (Å²) in [7, 11) is -1.81. The molecule has 0 spiro atoms. The van der Waals surface area contributed by atoms with Gasteiger partial charge in [-0.05, 0) is 42.5 Å². The van der Waals surface area contributed by atoms with E-state index < -0.39 is 10.0 Å². The number of anilines is 2. The van der Waals surface area contributed by atoms with Crippen LogP contribution in [0.25, 0.3) is 10.9 Å². The number of benzene rings is 2. The highest BCUT2D eigenvalue weighted by Crippen LogP contribution is 2.36. The number of aromatic nitrogens is 1. The number of halogens is 1. The van der Waals surface area contributed by atoms with Gasteiger partial charge in [-0.3, -0.25) is 0 Å². The molecule has 0 fully saturated rings. The fraction of sp³-hybridized carbons (Fsp3) is 0.100. The third-order valence-electron chi connectivity index (χ3n) is 4.57. The lowest BCUT2D eigenvalue weighted by Crippen LogP contribution is -2.18. The summed E-state index contributed by atoms with van der Waals surface area (Å²) >= 11 is 7.62. The van der Waals surface area contributed by atoms with Crippen LogP contribution in [0.4, 0.5) is 11.4 Å². The zero-order chi connectivity index (χ0) is 19.9. The van der Waals surface area contributed by atoms with Gasteiger partial charge in [0.2, 0.25) is 10.0 Å². The quantitative estimate of drug-likeness (QED) is 0.489. The Kier molecular flexibility index (Phi) is 4.93. The van der Waals surface area contributed by atoms with Crippen LogP contribution in [-0.4, -0.2) is 13.0 Å². The molecule has 2 aromatic carbocycles. The molecule has 2 aromatic heterocycles. The summed E-state index contributed by atoms with van der Waals surface area (Å²) in [4.78, 5) is 3.23. The van der Waals surface area contributed by atoms with Crippen molar-refractivity contribution in [2.24, 2.45) is 12.2 Å². The maximum atomic E-state index is 11.9. The molecular formula is C20H18ClN3O2S2. The molecule has 0 radical (unpaired) electrons. The summed E-state index contributed by atoms with van der Waals surface area (Å²) in [5, 5.41) is 6.46. The molecule has 0 saturated carbocycles. The van der Waals surface area contributed by atoms with Crippen LogP contribution in [0.5, 0.6) is 0 Å². The first-order chi connectivity index (χ1) is 13.3. The van der Waals surface area contributed by atoms with Crippen LogP contribution in [0.3, 0.4) is 0 Å². The highest BCUT2D eigenvalue weighted by atomic mass is 35.5. The van der Waals surface area contributed by atoms with Crippen molar-refractivity contribution in [2.75, 3.05) is 4.90 Å². The number of sulfonamides is 1. The minimum Gasteiger partial charge on any atom is -0.349 e. The first kappa shape index (κ1) is 19.0. The van der Waals surface area contributed by atoms with Crippen LogP contribution >= 0.6 is 22.9 Å². The van der Waals surface area contributed by atoms with E-state index in [2.05, 4.69) is 21.6 Å². The lowest BCUT2D eigenvalue weighted by molar-refractivity contribution is 0.598. The van der Waals surface area contributed by atoms with Crippen molar-refractivity contribution >= 4 is 55.2 Å². The summed E-state index contributed by atoms with van der Waals surface area (Å²) in [5.74, 6) is 0. The number of thiophene rings is 1. The Balaban J connectivity index is 1.91. The van der Waals surface area contributed by atoms with E-state index in [1.165, 1.54) is 17.4 Å². The van der Waals surface area contributed by atoms with E-state index in [1.807, 2.05) is 43.6 Å². The summed E-state index contributed by atoms with van der Waals surface area (Å²) in [6.07, 6.45) is 2.01. The highest BCUT2D eigenvalue weighted by molar-refractivity contribution is 7.89. The Hall–Kier alpha value is -2.32. The lowest BCUT2D eigenvalue weighted by Gasteiger charge is -2.26. The van der Waals surface area contributed by atoms with Crippen LogP contribution in [0.15, 0.2) is 71.8 Å². The molecule has 4 aromatic rings. The number of hydrogen-bond acceptors (Lipinski definition) is 4. The van der Waals surface area contributed by atoms with Gasteiger partial charge in [0, 0.05) is 29.2 Å². The third-order valence-corrected chi connectivity index (χ3v) is 6.69.